The van der Waals surface area contributed by atoms with Crippen molar-refractivity contribution in [3.05, 3.63) is 41.7 Å². The molecule has 1 N–H and O–H groups in total. The number of pyridine rings is 1. The van der Waals surface area contributed by atoms with Gasteiger partial charge in [-0.3, -0.25) is 9.88 Å². The van der Waals surface area contributed by atoms with Crippen LogP contribution in [0.2, 0.25) is 0 Å². The number of nitrogens with zero attached hydrogens (tertiary/aromatic N) is 2. The second-order valence-electron chi connectivity index (χ2n) is 3.90. The first kappa shape index (κ1) is 10.8. The second kappa shape index (κ2) is 4.90. The third kappa shape index (κ3) is 2.67. The Kier molecular flexibility index (Phi) is 3.31. The lowest BCUT2D eigenvalue weighted by Crippen LogP contribution is -2.31. The molecular formula is C12H14N2O2. The van der Waals surface area contributed by atoms with Gasteiger partial charge in [0.1, 0.15) is 0 Å². The molecule has 1 aromatic rings. The second-order valence-corrected chi connectivity index (χ2v) is 3.90. The highest BCUT2D eigenvalue weighted by atomic mass is 16.4. The highest BCUT2D eigenvalue weighted by molar-refractivity contribution is 5.87. The Labute approximate surface area is 94.2 Å². The molecule has 0 atom stereocenters. The summed E-state index contributed by atoms with van der Waals surface area (Å²) in [4.78, 5) is 17.0. The Hall–Kier alpha value is -1.68. The minimum Gasteiger partial charge on any atom is -0.478 e. The van der Waals surface area contributed by atoms with E-state index in [0.29, 0.717) is 12.1 Å². The monoisotopic (exact) mass is 218 g/mol. The molecule has 0 saturated heterocycles. The van der Waals surface area contributed by atoms with E-state index in [-0.39, 0.29) is 0 Å². The molecule has 1 aliphatic rings. The zero-order valence-corrected chi connectivity index (χ0v) is 8.97. The molecule has 4 nitrogen and oxygen atoms in total. The van der Waals surface area contributed by atoms with E-state index in [1.54, 1.807) is 6.20 Å². The summed E-state index contributed by atoms with van der Waals surface area (Å²) < 4.78 is 0. The van der Waals surface area contributed by atoms with Crippen LogP contribution >= 0.6 is 0 Å². The fourth-order valence-electron chi connectivity index (χ4n) is 1.85. The SMILES string of the molecule is O=C(O)C1=CCCN(Cc2cccnc2)C1. The molecule has 0 bridgehead atoms. The van der Waals surface area contributed by atoms with Crippen molar-refractivity contribution >= 4 is 5.97 Å². The molecule has 1 aliphatic heterocycles. The first-order chi connectivity index (χ1) is 7.75. The molecule has 0 radical (unpaired) electrons. The van der Waals surface area contributed by atoms with E-state index in [1.807, 2.05) is 24.4 Å². The van der Waals surface area contributed by atoms with E-state index >= 15 is 0 Å². The number of aliphatic carboxylic acids is 1. The molecule has 0 aliphatic carbocycles. The molecule has 2 rings (SSSR count). The van der Waals surface area contributed by atoms with Crippen LogP contribution in [-0.4, -0.2) is 34.0 Å². The van der Waals surface area contributed by atoms with Gasteiger partial charge in [-0.2, -0.15) is 0 Å². The molecule has 16 heavy (non-hydrogen) atoms. The van der Waals surface area contributed by atoms with Gasteiger partial charge >= 0.3 is 5.97 Å². The average molecular weight is 218 g/mol. The minimum absolute atomic E-state index is 0.496. The quantitative estimate of drug-likeness (QED) is 0.830. The lowest BCUT2D eigenvalue weighted by Gasteiger charge is -2.25. The van der Waals surface area contributed by atoms with Crippen molar-refractivity contribution in [2.45, 2.75) is 13.0 Å². The van der Waals surface area contributed by atoms with Crippen molar-refractivity contribution in [2.75, 3.05) is 13.1 Å². The number of carbonyl (C=O) groups is 1. The largest absolute Gasteiger partial charge is 0.478 e. The van der Waals surface area contributed by atoms with Crippen molar-refractivity contribution in [1.29, 1.82) is 0 Å². The van der Waals surface area contributed by atoms with E-state index in [9.17, 15) is 4.79 Å². The fourth-order valence-corrected chi connectivity index (χ4v) is 1.85. The number of carboxylic acid groups (broad SMARTS) is 1. The van der Waals surface area contributed by atoms with Gasteiger partial charge in [0.25, 0.3) is 0 Å². The Morgan fingerprint density at radius 1 is 1.56 bits per heavy atom. The molecule has 0 amide bonds. The van der Waals surface area contributed by atoms with Crippen LogP contribution in [0.5, 0.6) is 0 Å². The van der Waals surface area contributed by atoms with Crippen molar-refractivity contribution in [1.82, 2.24) is 9.88 Å². The van der Waals surface area contributed by atoms with Gasteiger partial charge in [0, 0.05) is 37.6 Å². The van der Waals surface area contributed by atoms with Crippen molar-refractivity contribution < 1.29 is 9.90 Å². The summed E-state index contributed by atoms with van der Waals surface area (Å²) in [5.41, 5.74) is 1.62. The summed E-state index contributed by atoms with van der Waals surface area (Å²) in [6.07, 6.45) is 6.17. The number of hydrogen-bond donors (Lipinski definition) is 1. The van der Waals surface area contributed by atoms with E-state index in [1.165, 1.54) is 0 Å². The summed E-state index contributed by atoms with van der Waals surface area (Å²) in [5.74, 6) is -0.809. The van der Waals surface area contributed by atoms with Crippen LogP contribution in [0.4, 0.5) is 0 Å². The van der Waals surface area contributed by atoms with Crippen molar-refractivity contribution in [3.63, 3.8) is 0 Å². The summed E-state index contributed by atoms with van der Waals surface area (Å²) in [7, 11) is 0. The van der Waals surface area contributed by atoms with E-state index in [0.717, 1.165) is 25.1 Å². The number of carboxylic acids is 1. The fraction of sp³-hybridized carbons (Fsp3) is 0.333. The lowest BCUT2D eigenvalue weighted by atomic mass is 10.1. The molecule has 0 unspecified atom stereocenters. The third-order valence-electron chi connectivity index (χ3n) is 2.63. The van der Waals surface area contributed by atoms with Gasteiger partial charge < -0.3 is 5.11 Å². The first-order valence-corrected chi connectivity index (χ1v) is 5.29. The Morgan fingerprint density at radius 3 is 3.12 bits per heavy atom. The van der Waals surface area contributed by atoms with Gasteiger partial charge in [0.15, 0.2) is 0 Å². The maximum absolute atomic E-state index is 10.8. The Morgan fingerprint density at radius 2 is 2.44 bits per heavy atom. The number of hydrogen-bond acceptors (Lipinski definition) is 3. The van der Waals surface area contributed by atoms with Gasteiger partial charge in [-0.1, -0.05) is 12.1 Å². The molecule has 0 aromatic carbocycles. The smallest absolute Gasteiger partial charge is 0.332 e. The van der Waals surface area contributed by atoms with Crippen molar-refractivity contribution in [2.24, 2.45) is 0 Å². The molecule has 0 spiro atoms. The molecule has 0 saturated carbocycles. The zero-order valence-electron chi connectivity index (χ0n) is 8.97. The number of aromatic nitrogens is 1. The van der Waals surface area contributed by atoms with Gasteiger partial charge in [-0.15, -0.1) is 0 Å². The topological polar surface area (TPSA) is 53.4 Å². The summed E-state index contributed by atoms with van der Waals surface area (Å²) in [6, 6.07) is 3.90. The minimum atomic E-state index is -0.809. The van der Waals surface area contributed by atoms with Gasteiger partial charge in [-0.05, 0) is 18.1 Å². The maximum atomic E-state index is 10.8. The molecule has 2 heterocycles. The van der Waals surface area contributed by atoms with Crippen LogP contribution in [0.15, 0.2) is 36.2 Å². The van der Waals surface area contributed by atoms with Crippen LogP contribution < -0.4 is 0 Å². The summed E-state index contributed by atoms with van der Waals surface area (Å²) in [5, 5.41) is 8.91. The van der Waals surface area contributed by atoms with Crippen LogP contribution in [0.3, 0.4) is 0 Å². The van der Waals surface area contributed by atoms with Crippen LogP contribution in [0.1, 0.15) is 12.0 Å². The zero-order chi connectivity index (χ0) is 11.4. The molecule has 1 aromatic heterocycles. The predicted octanol–water partition coefficient (Wildman–Crippen LogP) is 1.30. The van der Waals surface area contributed by atoms with Crippen LogP contribution in [0.25, 0.3) is 0 Å². The maximum Gasteiger partial charge on any atom is 0.332 e. The molecule has 4 heteroatoms. The van der Waals surface area contributed by atoms with Crippen molar-refractivity contribution in [3.8, 4) is 0 Å². The van der Waals surface area contributed by atoms with E-state index in [4.69, 9.17) is 5.11 Å². The highest BCUT2D eigenvalue weighted by Gasteiger charge is 2.17. The average Bonchev–Trinajstić information content (AvgIpc) is 2.30. The highest BCUT2D eigenvalue weighted by Crippen LogP contribution is 2.12. The normalized spacial score (nSPS) is 16.9. The summed E-state index contributed by atoms with van der Waals surface area (Å²) >= 11 is 0. The molecular weight excluding hydrogens is 204 g/mol. The van der Waals surface area contributed by atoms with Crippen LogP contribution in [0, 0.1) is 0 Å². The Bertz CT molecular complexity index is 401. The molecule has 84 valence electrons. The van der Waals surface area contributed by atoms with Gasteiger partial charge in [0.05, 0.1) is 0 Å². The summed E-state index contributed by atoms with van der Waals surface area (Å²) in [6.45, 7) is 2.19. The molecule has 0 fully saturated rings. The first-order valence-electron chi connectivity index (χ1n) is 5.29. The lowest BCUT2D eigenvalue weighted by molar-refractivity contribution is -0.133. The van der Waals surface area contributed by atoms with Gasteiger partial charge in [0.2, 0.25) is 0 Å². The number of rotatable bonds is 3. The standard InChI is InChI=1S/C12H14N2O2/c15-12(16)11-4-2-6-14(9-11)8-10-3-1-5-13-7-10/h1,3-5,7H,2,6,8-9H2,(H,15,16). The van der Waals surface area contributed by atoms with Crippen LogP contribution in [-0.2, 0) is 11.3 Å². The Balaban J connectivity index is 1.98. The van der Waals surface area contributed by atoms with Gasteiger partial charge in [-0.25, -0.2) is 4.79 Å². The predicted molar refractivity (Wildman–Crippen MR) is 59.8 cm³/mol. The van der Waals surface area contributed by atoms with E-state index in [2.05, 4.69) is 9.88 Å². The van der Waals surface area contributed by atoms with E-state index < -0.39 is 5.97 Å². The third-order valence-corrected chi connectivity index (χ3v) is 2.63.